The summed E-state index contributed by atoms with van der Waals surface area (Å²) >= 11 is 0. The van der Waals surface area contributed by atoms with Crippen molar-refractivity contribution in [1.82, 2.24) is 15.3 Å². The quantitative estimate of drug-likeness (QED) is 0.890. The van der Waals surface area contributed by atoms with Crippen LogP contribution in [0, 0.1) is 0 Å². The molecule has 0 spiro atoms. The fraction of sp³-hybridized carbons (Fsp3) is 0.267. The van der Waals surface area contributed by atoms with Gasteiger partial charge in [0.25, 0.3) is 0 Å². The molecule has 1 aliphatic rings. The summed E-state index contributed by atoms with van der Waals surface area (Å²) in [5, 5.41) is 3.05. The molecule has 4 nitrogen and oxygen atoms in total. The van der Waals surface area contributed by atoms with Gasteiger partial charge in [-0.15, -0.1) is 0 Å². The number of amides is 1. The molecular formula is C15H15N3O. The van der Waals surface area contributed by atoms with Crippen LogP contribution in [0.25, 0.3) is 0 Å². The van der Waals surface area contributed by atoms with Gasteiger partial charge >= 0.3 is 0 Å². The highest BCUT2D eigenvalue weighted by atomic mass is 16.2. The van der Waals surface area contributed by atoms with Gasteiger partial charge in [0.1, 0.15) is 0 Å². The summed E-state index contributed by atoms with van der Waals surface area (Å²) in [4.78, 5) is 20.4. The Balaban J connectivity index is 2.06. The Morgan fingerprint density at radius 3 is 2.74 bits per heavy atom. The second-order valence-corrected chi connectivity index (χ2v) is 5.10. The predicted octanol–water partition coefficient (Wildman–Crippen LogP) is 2.00. The van der Waals surface area contributed by atoms with E-state index in [1.165, 1.54) is 0 Å². The molecule has 2 aromatic rings. The van der Waals surface area contributed by atoms with Gasteiger partial charge in [0.2, 0.25) is 5.91 Å². The number of rotatable bonds is 2. The molecule has 0 saturated carbocycles. The van der Waals surface area contributed by atoms with Crippen LogP contribution in [0.2, 0.25) is 0 Å². The van der Waals surface area contributed by atoms with Crippen molar-refractivity contribution in [2.45, 2.75) is 24.8 Å². The molecule has 1 aromatic carbocycles. The van der Waals surface area contributed by atoms with Crippen molar-refractivity contribution in [3.05, 3.63) is 60.2 Å². The molecular weight excluding hydrogens is 238 g/mol. The molecule has 4 heteroatoms. The van der Waals surface area contributed by atoms with Crippen LogP contribution >= 0.6 is 0 Å². The Morgan fingerprint density at radius 2 is 2.05 bits per heavy atom. The lowest BCUT2D eigenvalue weighted by Gasteiger charge is -2.29. The van der Waals surface area contributed by atoms with E-state index in [9.17, 15) is 4.79 Å². The van der Waals surface area contributed by atoms with E-state index in [4.69, 9.17) is 0 Å². The second-order valence-electron chi connectivity index (χ2n) is 5.10. The summed E-state index contributed by atoms with van der Waals surface area (Å²) in [6.45, 7) is 2.06. The number of nitrogens with one attached hydrogen (secondary N) is 1. The van der Waals surface area contributed by atoms with Gasteiger partial charge in [0.15, 0.2) is 0 Å². The summed E-state index contributed by atoms with van der Waals surface area (Å²) in [5.41, 5.74) is 1.59. The summed E-state index contributed by atoms with van der Waals surface area (Å²) in [6.07, 6.45) is 5.50. The smallest absolute Gasteiger partial charge is 0.221 e. The highest BCUT2D eigenvalue weighted by Gasteiger charge is 2.46. The third kappa shape index (κ3) is 1.99. The summed E-state index contributed by atoms with van der Waals surface area (Å²) in [5.74, 6) is 0.0574. The first kappa shape index (κ1) is 11.8. The average molecular weight is 253 g/mol. The molecule has 1 fully saturated rings. The molecule has 1 aromatic heterocycles. The standard InChI is InChI=1S/C15H15N3O/c1-15(12-10-16-7-8-17-12)9-13(19)18-14(15)11-5-3-2-4-6-11/h2-8,10,14H,9H2,1H3,(H,18,19). The van der Waals surface area contributed by atoms with Crippen LogP contribution in [0.15, 0.2) is 48.9 Å². The molecule has 1 N–H and O–H groups in total. The predicted molar refractivity (Wildman–Crippen MR) is 71.3 cm³/mol. The van der Waals surface area contributed by atoms with Crippen LogP contribution < -0.4 is 5.32 Å². The lowest BCUT2D eigenvalue weighted by molar-refractivity contribution is -0.119. The van der Waals surface area contributed by atoms with Crippen molar-refractivity contribution in [2.24, 2.45) is 0 Å². The summed E-state index contributed by atoms with van der Waals surface area (Å²) in [6, 6.07) is 9.95. The Morgan fingerprint density at radius 1 is 1.26 bits per heavy atom. The molecule has 1 saturated heterocycles. The van der Waals surface area contributed by atoms with Gasteiger partial charge in [-0.3, -0.25) is 14.8 Å². The monoisotopic (exact) mass is 253 g/mol. The van der Waals surface area contributed by atoms with Crippen LogP contribution in [0.5, 0.6) is 0 Å². The van der Waals surface area contributed by atoms with Gasteiger partial charge in [-0.25, -0.2) is 0 Å². The van der Waals surface area contributed by atoms with E-state index in [0.29, 0.717) is 6.42 Å². The first-order chi connectivity index (χ1) is 9.20. The Bertz CT molecular complexity index is 585. The Labute approximate surface area is 111 Å². The molecule has 1 amide bonds. The van der Waals surface area contributed by atoms with Crippen LogP contribution in [-0.4, -0.2) is 15.9 Å². The minimum absolute atomic E-state index is 0.0574. The normalized spacial score (nSPS) is 26.2. The number of benzene rings is 1. The lowest BCUT2D eigenvalue weighted by Crippen LogP contribution is -2.31. The minimum Gasteiger partial charge on any atom is -0.348 e. The van der Waals surface area contributed by atoms with Crippen molar-refractivity contribution in [3.8, 4) is 0 Å². The lowest BCUT2D eigenvalue weighted by atomic mass is 9.76. The van der Waals surface area contributed by atoms with Gasteiger partial charge in [-0.2, -0.15) is 0 Å². The average Bonchev–Trinajstić information content (AvgIpc) is 2.77. The van der Waals surface area contributed by atoms with E-state index in [1.807, 2.05) is 30.3 Å². The number of hydrogen-bond donors (Lipinski definition) is 1. The van der Waals surface area contributed by atoms with Gasteiger partial charge in [0.05, 0.1) is 11.7 Å². The van der Waals surface area contributed by atoms with Crippen molar-refractivity contribution < 1.29 is 4.79 Å². The molecule has 0 aliphatic carbocycles. The van der Waals surface area contributed by atoms with Crippen molar-refractivity contribution in [3.63, 3.8) is 0 Å². The van der Waals surface area contributed by atoms with E-state index < -0.39 is 0 Å². The zero-order valence-electron chi connectivity index (χ0n) is 10.7. The topological polar surface area (TPSA) is 54.9 Å². The third-order valence-corrected chi connectivity index (χ3v) is 3.75. The molecule has 2 atom stereocenters. The van der Waals surface area contributed by atoms with Gasteiger partial charge < -0.3 is 5.32 Å². The zero-order valence-corrected chi connectivity index (χ0v) is 10.7. The molecule has 0 bridgehead atoms. The number of aromatic nitrogens is 2. The van der Waals surface area contributed by atoms with Gasteiger partial charge in [-0.1, -0.05) is 37.3 Å². The Kier molecular flexibility index (Phi) is 2.78. The highest BCUT2D eigenvalue weighted by molar-refractivity contribution is 5.81. The van der Waals surface area contributed by atoms with Gasteiger partial charge in [0, 0.05) is 30.4 Å². The maximum Gasteiger partial charge on any atom is 0.221 e. The molecule has 2 unspecified atom stereocenters. The van der Waals surface area contributed by atoms with Crippen LogP contribution in [0.4, 0.5) is 0 Å². The molecule has 19 heavy (non-hydrogen) atoms. The van der Waals surface area contributed by atoms with Crippen LogP contribution in [0.3, 0.4) is 0 Å². The molecule has 1 aliphatic heterocycles. The zero-order chi connectivity index (χ0) is 13.3. The number of hydrogen-bond acceptors (Lipinski definition) is 3. The molecule has 96 valence electrons. The summed E-state index contributed by atoms with van der Waals surface area (Å²) in [7, 11) is 0. The first-order valence-corrected chi connectivity index (χ1v) is 6.31. The van der Waals surface area contributed by atoms with Crippen LogP contribution in [0.1, 0.15) is 30.6 Å². The maximum atomic E-state index is 11.9. The van der Waals surface area contributed by atoms with E-state index in [1.54, 1.807) is 18.6 Å². The van der Waals surface area contributed by atoms with E-state index >= 15 is 0 Å². The fourth-order valence-corrected chi connectivity index (χ4v) is 2.74. The molecule has 2 heterocycles. The number of carbonyl (C=O) groups excluding carboxylic acids is 1. The maximum absolute atomic E-state index is 11.9. The molecule has 3 rings (SSSR count). The van der Waals surface area contributed by atoms with Crippen LogP contribution in [-0.2, 0) is 10.2 Å². The Hall–Kier alpha value is -2.23. The van der Waals surface area contributed by atoms with E-state index in [2.05, 4.69) is 22.2 Å². The summed E-state index contributed by atoms with van der Waals surface area (Å²) < 4.78 is 0. The third-order valence-electron chi connectivity index (χ3n) is 3.75. The number of carbonyl (C=O) groups is 1. The fourth-order valence-electron chi connectivity index (χ4n) is 2.74. The van der Waals surface area contributed by atoms with Crippen molar-refractivity contribution in [1.29, 1.82) is 0 Å². The largest absolute Gasteiger partial charge is 0.348 e. The van der Waals surface area contributed by atoms with E-state index in [0.717, 1.165) is 11.3 Å². The van der Waals surface area contributed by atoms with E-state index in [-0.39, 0.29) is 17.4 Å². The second kappa shape index (κ2) is 4.46. The minimum atomic E-state index is -0.354. The number of nitrogens with zero attached hydrogens (tertiary/aromatic N) is 2. The SMILES string of the molecule is CC1(c2cnccn2)CC(=O)NC1c1ccccc1. The first-order valence-electron chi connectivity index (χ1n) is 6.31. The van der Waals surface area contributed by atoms with Crippen molar-refractivity contribution >= 4 is 5.91 Å². The van der Waals surface area contributed by atoms with Crippen molar-refractivity contribution in [2.75, 3.05) is 0 Å². The van der Waals surface area contributed by atoms with Gasteiger partial charge in [-0.05, 0) is 5.56 Å². The highest BCUT2D eigenvalue weighted by Crippen LogP contribution is 2.42. The molecule has 0 radical (unpaired) electrons.